The molecule has 1 aliphatic rings. The number of H-pyrrole nitrogens is 1. The third-order valence-electron chi connectivity index (χ3n) is 4.05. The Morgan fingerprint density at radius 1 is 1.13 bits per heavy atom. The number of anilines is 1. The Balaban J connectivity index is 1.98. The number of hydrogen-bond acceptors (Lipinski definition) is 3. The second-order valence-electron chi connectivity index (χ2n) is 5.47. The van der Waals surface area contributed by atoms with Gasteiger partial charge in [0.25, 0.3) is 5.91 Å². The molecule has 0 atom stereocenters. The van der Waals surface area contributed by atoms with E-state index in [1.54, 1.807) is 0 Å². The van der Waals surface area contributed by atoms with Crippen molar-refractivity contribution in [3.63, 3.8) is 0 Å². The summed E-state index contributed by atoms with van der Waals surface area (Å²) in [6.07, 6.45) is 0. The van der Waals surface area contributed by atoms with Crippen molar-refractivity contribution in [2.45, 2.75) is 6.61 Å². The highest BCUT2D eigenvalue weighted by atomic mass is 19.1. The summed E-state index contributed by atoms with van der Waals surface area (Å²) in [5.74, 6) is -0.763. The number of halogens is 1. The van der Waals surface area contributed by atoms with Crippen molar-refractivity contribution in [3.8, 4) is 11.3 Å². The quantitative estimate of drug-likeness (QED) is 0.587. The third kappa shape index (κ3) is 2.15. The predicted molar refractivity (Wildman–Crippen MR) is 85.6 cm³/mol. The minimum Gasteiger partial charge on any atom is -0.392 e. The summed E-state index contributed by atoms with van der Waals surface area (Å²) in [6, 6.07) is 10.1. The van der Waals surface area contributed by atoms with Gasteiger partial charge in [0.1, 0.15) is 5.82 Å². The van der Waals surface area contributed by atoms with Crippen LogP contribution in [0.15, 0.2) is 36.4 Å². The number of amides is 1. The van der Waals surface area contributed by atoms with E-state index in [9.17, 15) is 9.18 Å². The maximum absolute atomic E-state index is 13.8. The van der Waals surface area contributed by atoms with Crippen LogP contribution in [0.1, 0.15) is 15.9 Å². The summed E-state index contributed by atoms with van der Waals surface area (Å²) in [7, 11) is 0. The molecule has 5 nitrogen and oxygen atoms in total. The molecule has 116 valence electrons. The average Bonchev–Trinajstić information content (AvgIpc) is 2.83. The zero-order valence-corrected chi connectivity index (χ0v) is 12.1. The van der Waals surface area contributed by atoms with Crippen LogP contribution in [0.2, 0.25) is 0 Å². The minimum absolute atomic E-state index is 0.0220. The number of hydrogen-bond donors (Lipinski definition) is 4. The van der Waals surface area contributed by atoms with Gasteiger partial charge in [-0.3, -0.25) is 4.79 Å². The molecule has 23 heavy (non-hydrogen) atoms. The van der Waals surface area contributed by atoms with Crippen molar-refractivity contribution < 1.29 is 14.3 Å². The first kappa shape index (κ1) is 13.8. The molecule has 3 aromatic rings. The number of benzene rings is 2. The Kier molecular flexibility index (Phi) is 3.06. The molecule has 0 radical (unpaired) electrons. The van der Waals surface area contributed by atoms with Crippen LogP contribution in [0, 0.1) is 5.82 Å². The van der Waals surface area contributed by atoms with Gasteiger partial charge in [0, 0.05) is 10.9 Å². The molecule has 0 unspecified atom stereocenters. The van der Waals surface area contributed by atoms with Gasteiger partial charge in [0.15, 0.2) is 0 Å². The average molecular weight is 311 g/mol. The molecule has 2 heterocycles. The van der Waals surface area contributed by atoms with Gasteiger partial charge in [-0.2, -0.15) is 0 Å². The molecule has 6 heteroatoms. The molecule has 0 aliphatic carbocycles. The maximum atomic E-state index is 13.8. The van der Waals surface area contributed by atoms with E-state index >= 15 is 0 Å². The lowest BCUT2D eigenvalue weighted by Gasteiger charge is -2.07. The van der Waals surface area contributed by atoms with Gasteiger partial charge in [0.2, 0.25) is 0 Å². The van der Waals surface area contributed by atoms with Crippen LogP contribution in [-0.4, -0.2) is 22.7 Å². The largest absolute Gasteiger partial charge is 0.392 e. The minimum atomic E-state index is -0.459. The zero-order valence-electron chi connectivity index (χ0n) is 12.1. The van der Waals surface area contributed by atoms with Crippen LogP contribution in [0.4, 0.5) is 10.1 Å². The summed E-state index contributed by atoms with van der Waals surface area (Å²) in [4.78, 5) is 15.3. The molecule has 4 rings (SSSR count). The number of aliphatic hydroxyl groups excluding tert-OH is 1. The first-order chi connectivity index (χ1) is 11.2. The lowest BCUT2D eigenvalue weighted by molar-refractivity contribution is 0.0958. The lowest BCUT2D eigenvalue weighted by atomic mass is 10.0. The first-order valence-corrected chi connectivity index (χ1v) is 7.25. The van der Waals surface area contributed by atoms with Crippen molar-refractivity contribution in [1.82, 2.24) is 10.3 Å². The van der Waals surface area contributed by atoms with E-state index in [0.717, 1.165) is 22.5 Å². The highest BCUT2D eigenvalue weighted by Crippen LogP contribution is 2.38. The molecule has 0 saturated heterocycles. The molecule has 2 aromatic carbocycles. The molecule has 0 fully saturated rings. The maximum Gasteiger partial charge on any atom is 0.253 e. The Morgan fingerprint density at radius 3 is 2.65 bits per heavy atom. The van der Waals surface area contributed by atoms with Gasteiger partial charge >= 0.3 is 0 Å². The van der Waals surface area contributed by atoms with Gasteiger partial charge in [-0.05, 0) is 17.7 Å². The molecule has 1 aliphatic heterocycles. The molecular weight excluding hydrogens is 297 g/mol. The van der Waals surface area contributed by atoms with Crippen LogP contribution in [-0.2, 0) is 6.61 Å². The Bertz CT molecular complexity index is 916. The van der Waals surface area contributed by atoms with Crippen molar-refractivity contribution in [3.05, 3.63) is 53.3 Å². The van der Waals surface area contributed by atoms with Gasteiger partial charge in [-0.25, -0.2) is 4.39 Å². The second-order valence-corrected chi connectivity index (χ2v) is 5.47. The lowest BCUT2D eigenvalue weighted by Crippen LogP contribution is -2.26. The van der Waals surface area contributed by atoms with E-state index < -0.39 is 5.82 Å². The summed E-state index contributed by atoms with van der Waals surface area (Å²) >= 11 is 0. The Hall–Kier alpha value is -2.86. The molecule has 4 N–H and O–H groups in total. The monoisotopic (exact) mass is 311 g/mol. The third-order valence-corrected chi connectivity index (χ3v) is 4.05. The summed E-state index contributed by atoms with van der Waals surface area (Å²) in [5, 5.41) is 15.7. The molecule has 1 aromatic heterocycles. The van der Waals surface area contributed by atoms with Gasteiger partial charge in [-0.15, -0.1) is 0 Å². The number of carbonyl (C=O) groups excluding carboxylic acids is 1. The molecular formula is C17H14FN3O2. The summed E-state index contributed by atoms with van der Waals surface area (Å²) in [5.41, 5.74) is 4.14. The molecule has 0 saturated carbocycles. The van der Waals surface area contributed by atoms with E-state index in [0.29, 0.717) is 16.5 Å². The van der Waals surface area contributed by atoms with E-state index in [-0.39, 0.29) is 19.2 Å². The van der Waals surface area contributed by atoms with Crippen molar-refractivity contribution in [2.75, 3.05) is 12.0 Å². The molecule has 1 amide bonds. The molecule has 0 bridgehead atoms. The Morgan fingerprint density at radius 2 is 1.91 bits per heavy atom. The van der Waals surface area contributed by atoms with Gasteiger partial charge in [0.05, 0.1) is 35.7 Å². The van der Waals surface area contributed by atoms with Gasteiger partial charge < -0.3 is 20.7 Å². The fourth-order valence-electron chi connectivity index (χ4n) is 2.95. The van der Waals surface area contributed by atoms with Crippen molar-refractivity contribution >= 4 is 22.5 Å². The first-order valence-electron chi connectivity index (χ1n) is 7.25. The highest BCUT2D eigenvalue weighted by Gasteiger charge is 2.23. The van der Waals surface area contributed by atoms with Crippen molar-refractivity contribution in [2.24, 2.45) is 0 Å². The predicted octanol–water partition coefficient (Wildman–Crippen LogP) is 2.58. The number of aromatic nitrogens is 1. The SMILES string of the molecule is O=C1NCNc2c(-c3ccc(CO)cc3)[nH]c3cc(F)cc1c23. The standard InChI is InChI=1S/C17H14FN3O2/c18-11-5-12-14-13(6-11)21-15(16(14)19-8-20-17(12)23)10-3-1-9(7-22)2-4-10/h1-6,19,21-22H,7-8H2,(H,20,23). The number of aromatic amines is 1. The Labute approximate surface area is 131 Å². The van der Waals surface area contributed by atoms with Crippen LogP contribution < -0.4 is 10.6 Å². The molecule has 0 spiro atoms. The normalized spacial score (nSPS) is 13.6. The van der Waals surface area contributed by atoms with Crippen LogP contribution in [0.3, 0.4) is 0 Å². The van der Waals surface area contributed by atoms with Gasteiger partial charge in [-0.1, -0.05) is 24.3 Å². The summed E-state index contributed by atoms with van der Waals surface area (Å²) < 4.78 is 13.8. The summed E-state index contributed by atoms with van der Waals surface area (Å²) in [6.45, 7) is 0.246. The number of carbonyl (C=O) groups is 1. The van der Waals surface area contributed by atoms with E-state index in [1.807, 2.05) is 24.3 Å². The number of rotatable bonds is 2. The van der Waals surface area contributed by atoms with E-state index in [1.165, 1.54) is 12.1 Å². The van der Waals surface area contributed by atoms with E-state index in [2.05, 4.69) is 15.6 Å². The van der Waals surface area contributed by atoms with Crippen LogP contribution >= 0.6 is 0 Å². The van der Waals surface area contributed by atoms with Crippen LogP contribution in [0.25, 0.3) is 22.2 Å². The second kappa shape index (κ2) is 5.10. The number of nitrogens with one attached hydrogen (secondary N) is 3. The van der Waals surface area contributed by atoms with Crippen molar-refractivity contribution in [1.29, 1.82) is 0 Å². The smallest absolute Gasteiger partial charge is 0.253 e. The fraction of sp³-hybridized carbons (Fsp3) is 0.118. The van der Waals surface area contributed by atoms with E-state index in [4.69, 9.17) is 5.11 Å². The fourth-order valence-corrected chi connectivity index (χ4v) is 2.95. The number of aliphatic hydroxyl groups is 1. The zero-order chi connectivity index (χ0) is 16.0. The highest BCUT2D eigenvalue weighted by molar-refractivity contribution is 6.15. The topological polar surface area (TPSA) is 77.2 Å². The van der Waals surface area contributed by atoms with Crippen LogP contribution in [0.5, 0.6) is 0 Å².